The number of halogens is 1. The normalized spacial score (nSPS) is 11.7. The fourth-order valence-corrected chi connectivity index (χ4v) is 4.52. The van der Waals surface area contributed by atoms with Gasteiger partial charge in [-0.05, 0) is 49.2 Å². The molecule has 180 valence electrons. The van der Waals surface area contributed by atoms with Crippen LogP contribution >= 0.6 is 11.3 Å². The number of carbonyl (C=O) groups excluding carboxylic acids is 1. The number of rotatable bonds is 8. The van der Waals surface area contributed by atoms with E-state index in [1.807, 2.05) is 12.1 Å². The van der Waals surface area contributed by atoms with Crippen LogP contribution < -0.4 is 15.4 Å². The van der Waals surface area contributed by atoms with E-state index in [-0.39, 0.29) is 22.6 Å². The van der Waals surface area contributed by atoms with E-state index in [4.69, 9.17) is 4.74 Å². The van der Waals surface area contributed by atoms with E-state index in [1.54, 1.807) is 56.4 Å². The summed E-state index contributed by atoms with van der Waals surface area (Å²) in [4.78, 5) is 32.1. The molecule has 2 aromatic carbocycles. The molecule has 0 aliphatic rings. The molecular formula is C25H23FN4O4S. The number of amides is 2. The largest absolute Gasteiger partial charge is 0.479 e. The zero-order valence-corrected chi connectivity index (χ0v) is 19.9. The minimum atomic E-state index is -1.07. The number of nitrogens with one attached hydrogen (secondary N) is 2. The SMILES string of the molecule is CCNC(=O)Nc1nc2c(F)c(-c3cccc(OC(CC)C(=O)O)c3)cc(-c3ccccn3)c2s1. The van der Waals surface area contributed by atoms with Gasteiger partial charge in [-0.1, -0.05) is 36.5 Å². The molecule has 0 fully saturated rings. The molecule has 0 saturated carbocycles. The summed E-state index contributed by atoms with van der Waals surface area (Å²) in [6, 6.07) is 13.3. The predicted octanol–water partition coefficient (Wildman–Crippen LogP) is 5.55. The highest BCUT2D eigenvalue weighted by atomic mass is 32.1. The maximum Gasteiger partial charge on any atom is 0.344 e. The van der Waals surface area contributed by atoms with Gasteiger partial charge in [-0.3, -0.25) is 10.3 Å². The van der Waals surface area contributed by atoms with Crippen molar-refractivity contribution in [1.82, 2.24) is 15.3 Å². The number of nitrogens with zero attached hydrogens (tertiary/aromatic N) is 2. The average Bonchev–Trinajstić information content (AvgIpc) is 3.27. The van der Waals surface area contributed by atoms with Crippen LogP contribution in [0.15, 0.2) is 54.7 Å². The first-order chi connectivity index (χ1) is 16.9. The second-order valence-corrected chi connectivity index (χ2v) is 8.56. The van der Waals surface area contributed by atoms with Gasteiger partial charge in [0.1, 0.15) is 11.3 Å². The molecule has 0 aliphatic carbocycles. The number of fused-ring (bicyclic) bond motifs is 1. The Morgan fingerprint density at radius 1 is 1.14 bits per heavy atom. The van der Waals surface area contributed by atoms with E-state index >= 15 is 4.39 Å². The number of pyridine rings is 1. The Hall–Kier alpha value is -4.05. The fraction of sp³-hybridized carbons (Fsp3) is 0.200. The highest BCUT2D eigenvalue weighted by molar-refractivity contribution is 7.22. The van der Waals surface area contributed by atoms with Crippen molar-refractivity contribution in [3.05, 3.63) is 60.5 Å². The van der Waals surface area contributed by atoms with Crippen molar-refractivity contribution in [2.24, 2.45) is 0 Å². The molecule has 0 bridgehead atoms. The summed E-state index contributed by atoms with van der Waals surface area (Å²) >= 11 is 1.16. The number of urea groups is 1. The smallest absolute Gasteiger partial charge is 0.344 e. The van der Waals surface area contributed by atoms with Crippen LogP contribution in [0.25, 0.3) is 32.6 Å². The third-order valence-electron chi connectivity index (χ3n) is 5.17. The Morgan fingerprint density at radius 3 is 2.66 bits per heavy atom. The van der Waals surface area contributed by atoms with E-state index in [0.717, 1.165) is 11.3 Å². The zero-order chi connectivity index (χ0) is 24.9. The topological polar surface area (TPSA) is 113 Å². The van der Waals surface area contributed by atoms with Crippen molar-refractivity contribution >= 4 is 38.7 Å². The Labute approximate surface area is 204 Å². The maximum atomic E-state index is 15.8. The summed E-state index contributed by atoms with van der Waals surface area (Å²) in [5, 5.41) is 14.8. The van der Waals surface area contributed by atoms with Crippen LogP contribution in [0, 0.1) is 5.82 Å². The molecule has 4 rings (SSSR count). The third-order valence-corrected chi connectivity index (χ3v) is 6.18. The second kappa shape index (κ2) is 10.5. The fourth-order valence-electron chi connectivity index (χ4n) is 3.54. The first kappa shape index (κ1) is 24.1. The Bertz CT molecular complexity index is 1380. The average molecular weight is 495 g/mol. The Morgan fingerprint density at radius 2 is 1.97 bits per heavy atom. The molecule has 2 heterocycles. The molecule has 4 aromatic rings. The number of ether oxygens (including phenoxy) is 1. The second-order valence-electron chi connectivity index (χ2n) is 7.56. The van der Waals surface area contributed by atoms with Crippen molar-refractivity contribution in [3.63, 3.8) is 0 Å². The van der Waals surface area contributed by atoms with Crippen LogP contribution in [0.2, 0.25) is 0 Å². The highest BCUT2D eigenvalue weighted by Gasteiger charge is 2.22. The number of carbonyl (C=O) groups is 2. The van der Waals surface area contributed by atoms with Crippen LogP contribution in [-0.4, -0.2) is 39.7 Å². The van der Waals surface area contributed by atoms with Gasteiger partial charge in [0.2, 0.25) is 0 Å². The summed E-state index contributed by atoms with van der Waals surface area (Å²) in [5.74, 6) is -1.33. The lowest BCUT2D eigenvalue weighted by molar-refractivity contribution is -0.145. The number of carboxylic acid groups (broad SMARTS) is 1. The van der Waals surface area contributed by atoms with Crippen LogP contribution in [0.4, 0.5) is 14.3 Å². The van der Waals surface area contributed by atoms with Crippen LogP contribution in [-0.2, 0) is 4.79 Å². The molecule has 10 heteroatoms. The Kier molecular flexibility index (Phi) is 7.21. The van der Waals surface area contributed by atoms with Crippen molar-refractivity contribution in [2.75, 3.05) is 11.9 Å². The molecule has 3 N–H and O–H groups in total. The van der Waals surface area contributed by atoms with Gasteiger partial charge in [0, 0.05) is 23.9 Å². The van der Waals surface area contributed by atoms with Crippen LogP contribution in [0.3, 0.4) is 0 Å². The first-order valence-electron chi connectivity index (χ1n) is 11.0. The molecular weight excluding hydrogens is 471 g/mol. The standard InChI is InChI=1S/C25H23FN4O4S/c1-3-19(23(31)32)34-15-9-7-8-14(12-15)16-13-17(18-10-5-6-11-28-18)22-21(20(16)26)29-25(35-22)30-24(33)27-4-2/h5-13,19H,3-4H2,1-2H3,(H,31,32)(H2,27,29,30,33). The van der Waals surface area contributed by atoms with Crippen molar-refractivity contribution in [2.45, 2.75) is 26.4 Å². The molecule has 0 aliphatic heterocycles. The van der Waals surface area contributed by atoms with E-state index in [9.17, 15) is 14.7 Å². The predicted molar refractivity (Wildman–Crippen MR) is 133 cm³/mol. The minimum absolute atomic E-state index is 0.100. The van der Waals surface area contributed by atoms with Crippen molar-refractivity contribution in [3.8, 4) is 28.1 Å². The van der Waals surface area contributed by atoms with Gasteiger partial charge in [0.25, 0.3) is 0 Å². The summed E-state index contributed by atoms with van der Waals surface area (Å²) in [5.41, 5.74) is 2.12. The first-order valence-corrected chi connectivity index (χ1v) is 11.8. The minimum Gasteiger partial charge on any atom is -0.479 e. The lowest BCUT2D eigenvalue weighted by Gasteiger charge is -2.14. The van der Waals surface area contributed by atoms with E-state index in [2.05, 4.69) is 20.6 Å². The number of hydrogen-bond donors (Lipinski definition) is 3. The number of aliphatic carboxylic acids is 1. The maximum absolute atomic E-state index is 15.8. The molecule has 35 heavy (non-hydrogen) atoms. The molecule has 0 spiro atoms. The summed E-state index contributed by atoms with van der Waals surface area (Å²) in [7, 11) is 0. The van der Waals surface area contributed by atoms with Crippen molar-refractivity contribution in [1.29, 1.82) is 0 Å². The van der Waals surface area contributed by atoms with Gasteiger partial charge in [-0.25, -0.2) is 19.0 Å². The molecule has 8 nitrogen and oxygen atoms in total. The summed E-state index contributed by atoms with van der Waals surface area (Å²) in [6.07, 6.45) is 0.914. The number of carboxylic acids is 1. The third kappa shape index (κ3) is 5.22. The molecule has 0 radical (unpaired) electrons. The molecule has 0 saturated heterocycles. The van der Waals surface area contributed by atoms with Crippen molar-refractivity contribution < 1.29 is 23.8 Å². The number of hydrogen-bond acceptors (Lipinski definition) is 6. The monoisotopic (exact) mass is 494 g/mol. The van der Waals surface area contributed by atoms with E-state index in [1.165, 1.54) is 0 Å². The number of benzene rings is 2. The van der Waals surface area contributed by atoms with E-state index < -0.39 is 23.9 Å². The zero-order valence-electron chi connectivity index (χ0n) is 19.0. The lowest BCUT2D eigenvalue weighted by atomic mass is 9.99. The molecule has 1 atom stereocenters. The van der Waals surface area contributed by atoms with Gasteiger partial charge in [0.15, 0.2) is 17.1 Å². The van der Waals surface area contributed by atoms with Gasteiger partial charge in [-0.15, -0.1) is 0 Å². The molecule has 2 amide bonds. The van der Waals surface area contributed by atoms with Gasteiger partial charge in [-0.2, -0.15) is 0 Å². The summed E-state index contributed by atoms with van der Waals surface area (Å²) < 4.78 is 21.9. The number of anilines is 1. The molecule has 2 aromatic heterocycles. The van der Waals surface area contributed by atoms with Crippen LogP contribution in [0.1, 0.15) is 20.3 Å². The Balaban J connectivity index is 1.84. The van der Waals surface area contributed by atoms with Gasteiger partial charge in [0.05, 0.1) is 10.4 Å². The quantitative estimate of drug-likeness (QED) is 0.296. The van der Waals surface area contributed by atoms with Crippen LogP contribution in [0.5, 0.6) is 5.75 Å². The van der Waals surface area contributed by atoms with Gasteiger partial charge < -0.3 is 15.2 Å². The van der Waals surface area contributed by atoms with Gasteiger partial charge >= 0.3 is 12.0 Å². The summed E-state index contributed by atoms with van der Waals surface area (Å²) in [6.45, 7) is 3.94. The highest BCUT2D eigenvalue weighted by Crippen LogP contribution is 2.41. The number of aromatic nitrogens is 2. The molecule has 1 unspecified atom stereocenters. The van der Waals surface area contributed by atoms with E-state index in [0.29, 0.717) is 33.8 Å². The number of thiazole rings is 1. The lowest BCUT2D eigenvalue weighted by Crippen LogP contribution is -2.28.